The topological polar surface area (TPSA) is 40.5 Å². The molecule has 3 atom stereocenters. The minimum Gasteiger partial charge on any atom is -0.393 e. The fourth-order valence-electron chi connectivity index (χ4n) is 1.45. The number of hydrogen-bond acceptors (Lipinski definition) is 2. The van der Waals surface area contributed by atoms with Gasteiger partial charge in [0.25, 0.3) is 0 Å². The molecule has 0 aliphatic carbocycles. The summed E-state index contributed by atoms with van der Waals surface area (Å²) in [6.45, 7) is 11.9. The van der Waals surface area contributed by atoms with Crippen LogP contribution in [-0.2, 0) is 0 Å². The van der Waals surface area contributed by atoms with E-state index in [0.29, 0.717) is 6.42 Å². The monoisotopic (exact) mass is 244 g/mol. The van der Waals surface area contributed by atoms with E-state index < -0.39 is 0 Å². The van der Waals surface area contributed by atoms with Gasteiger partial charge in [-0.25, -0.2) is 0 Å². The third kappa shape index (κ3) is 18.2. The average Bonchev–Trinajstić information content (AvgIpc) is 2.26. The van der Waals surface area contributed by atoms with Gasteiger partial charge in [0.1, 0.15) is 0 Å². The highest BCUT2D eigenvalue weighted by atomic mass is 16.3. The Kier molecular flexibility index (Phi) is 15.3. The molecular weight excluding hydrogens is 212 g/mol. The molecule has 2 N–H and O–H groups in total. The molecule has 2 nitrogen and oxygen atoms in total. The highest BCUT2D eigenvalue weighted by molar-refractivity contribution is 4.67. The van der Waals surface area contributed by atoms with E-state index >= 15 is 0 Å². The van der Waals surface area contributed by atoms with Crippen LogP contribution in [0.2, 0.25) is 0 Å². The molecule has 0 spiro atoms. The first-order valence-corrected chi connectivity index (χ1v) is 6.94. The second-order valence-electron chi connectivity index (χ2n) is 4.91. The van der Waals surface area contributed by atoms with Crippen LogP contribution in [0, 0.1) is 5.92 Å². The van der Waals surface area contributed by atoms with Gasteiger partial charge >= 0.3 is 0 Å². The van der Waals surface area contributed by atoms with Crippen molar-refractivity contribution in [3.05, 3.63) is 12.7 Å². The SMILES string of the molecule is C=CCCC(C)CC.CCCC(O)CC(C)O. The highest BCUT2D eigenvalue weighted by Gasteiger charge is 2.05. The zero-order valence-electron chi connectivity index (χ0n) is 12.2. The zero-order valence-corrected chi connectivity index (χ0v) is 12.2. The zero-order chi connectivity index (χ0) is 13.7. The summed E-state index contributed by atoms with van der Waals surface area (Å²) in [7, 11) is 0. The van der Waals surface area contributed by atoms with Crippen LogP contribution >= 0.6 is 0 Å². The van der Waals surface area contributed by atoms with Crippen molar-refractivity contribution in [2.75, 3.05) is 0 Å². The summed E-state index contributed by atoms with van der Waals surface area (Å²) in [5, 5.41) is 17.8. The summed E-state index contributed by atoms with van der Waals surface area (Å²) >= 11 is 0. The lowest BCUT2D eigenvalue weighted by Gasteiger charge is -2.09. The quantitative estimate of drug-likeness (QED) is 0.635. The molecule has 0 saturated carbocycles. The minimum atomic E-state index is -0.369. The summed E-state index contributed by atoms with van der Waals surface area (Å²) < 4.78 is 0. The van der Waals surface area contributed by atoms with Crippen LogP contribution in [0.4, 0.5) is 0 Å². The average molecular weight is 244 g/mol. The van der Waals surface area contributed by atoms with Crippen LogP contribution in [0.3, 0.4) is 0 Å². The van der Waals surface area contributed by atoms with E-state index in [2.05, 4.69) is 20.4 Å². The lowest BCUT2D eigenvalue weighted by Crippen LogP contribution is -2.13. The van der Waals surface area contributed by atoms with Gasteiger partial charge in [-0.05, 0) is 38.5 Å². The Balaban J connectivity index is 0. The Bertz CT molecular complexity index is 155. The molecule has 2 heteroatoms. The normalized spacial score (nSPS) is 15.4. The molecule has 0 amide bonds. The first-order chi connectivity index (χ1) is 7.97. The molecule has 0 radical (unpaired) electrons. The van der Waals surface area contributed by atoms with E-state index in [4.69, 9.17) is 10.2 Å². The number of allylic oxidation sites excluding steroid dienone is 1. The third-order valence-electron chi connectivity index (χ3n) is 2.80. The Morgan fingerprint density at radius 2 is 1.71 bits per heavy atom. The van der Waals surface area contributed by atoms with Gasteiger partial charge in [-0.3, -0.25) is 0 Å². The molecule has 3 unspecified atom stereocenters. The predicted octanol–water partition coefficient (Wildman–Crippen LogP) is 3.92. The Labute approximate surface area is 108 Å². The molecule has 0 aliphatic heterocycles. The van der Waals surface area contributed by atoms with Gasteiger partial charge in [0, 0.05) is 0 Å². The van der Waals surface area contributed by atoms with E-state index in [1.165, 1.54) is 19.3 Å². The Morgan fingerprint density at radius 1 is 1.12 bits per heavy atom. The standard InChI is InChI=1S/C8H16.C7H16O2/c1-4-6-7-8(3)5-2;1-3-4-7(9)5-6(2)8/h4,8H,1,5-7H2,2-3H3;6-9H,3-5H2,1-2H3. The van der Waals surface area contributed by atoms with Crippen molar-refractivity contribution >= 4 is 0 Å². The Morgan fingerprint density at radius 3 is 2.06 bits per heavy atom. The van der Waals surface area contributed by atoms with E-state index in [9.17, 15) is 0 Å². The fourth-order valence-corrected chi connectivity index (χ4v) is 1.45. The number of hydrogen-bond donors (Lipinski definition) is 2. The maximum absolute atomic E-state index is 9.06. The largest absolute Gasteiger partial charge is 0.393 e. The molecular formula is C15H32O2. The van der Waals surface area contributed by atoms with Crippen molar-refractivity contribution in [1.29, 1.82) is 0 Å². The first kappa shape index (κ1) is 19.0. The predicted molar refractivity (Wildman–Crippen MR) is 76.1 cm³/mol. The highest BCUT2D eigenvalue weighted by Crippen LogP contribution is 2.08. The molecule has 0 aromatic heterocycles. The van der Waals surface area contributed by atoms with Crippen molar-refractivity contribution in [2.45, 2.75) is 78.4 Å². The van der Waals surface area contributed by atoms with Crippen LogP contribution in [0.25, 0.3) is 0 Å². The summed E-state index contributed by atoms with van der Waals surface area (Å²) in [5.41, 5.74) is 0. The van der Waals surface area contributed by atoms with Crippen molar-refractivity contribution in [3.63, 3.8) is 0 Å². The summed E-state index contributed by atoms with van der Waals surface area (Å²) in [5.74, 6) is 0.882. The van der Waals surface area contributed by atoms with E-state index in [1.807, 2.05) is 13.0 Å². The van der Waals surface area contributed by atoms with Crippen LogP contribution in [0.15, 0.2) is 12.7 Å². The van der Waals surface area contributed by atoms with Gasteiger partial charge in [-0.15, -0.1) is 6.58 Å². The van der Waals surface area contributed by atoms with E-state index in [-0.39, 0.29) is 12.2 Å². The van der Waals surface area contributed by atoms with Crippen LogP contribution in [0.1, 0.15) is 66.2 Å². The molecule has 0 aromatic carbocycles. The molecule has 0 fully saturated rings. The maximum Gasteiger partial charge on any atom is 0.0564 e. The smallest absolute Gasteiger partial charge is 0.0564 e. The first-order valence-electron chi connectivity index (χ1n) is 6.94. The molecule has 104 valence electrons. The summed E-state index contributed by atoms with van der Waals surface area (Å²) in [6, 6.07) is 0. The second-order valence-corrected chi connectivity index (χ2v) is 4.91. The second kappa shape index (κ2) is 13.7. The number of aliphatic hydroxyl groups excluding tert-OH is 2. The van der Waals surface area contributed by atoms with Crippen molar-refractivity contribution in [1.82, 2.24) is 0 Å². The van der Waals surface area contributed by atoms with Gasteiger partial charge in [0.05, 0.1) is 12.2 Å². The van der Waals surface area contributed by atoms with Crippen LogP contribution in [0.5, 0.6) is 0 Å². The van der Waals surface area contributed by atoms with Crippen molar-refractivity contribution in [2.24, 2.45) is 5.92 Å². The van der Waals surface area contributed by atoms with Crippen molar-refractivity contribution in [3.8, 4) is 0 Å². The van der Waals surface area contributed by atoms with Gasteiger partial charge in [-0.1, -0.05) is 39.7 Å². The van der Waals surface area contributed by atoms with Gasteiger partial charge in [-0.2, -0.15) is 0 Å². The summed E-state index contributed by atoms with van der Waals surface area (Å²) in [4.78, 5) is 0. The van der Waals surface area contributed by atoms with Gasteiger partial charge in [0.15, 0.2) is 0 Å². The fraction of sp³-hybridized carbons (Fsp3) is 0.867. The van der Waals surface area contributed by atoms with E-state index in [0.717, 1.165) is 18.8 Å². The third-order valence-corrected chi connectivity index (χ3v) is 2.80. The molecule has 0 saturated heterocycles. The molecule has 0 heterocycles. The van der Waals surface area contributed by atoms with Crippen LogP contribution in [-0.4, -0.2) is 22.4 Å². The maximum atomic E-state index is 9.06. The number of rotatable bonds is 8. The Hall–Kier alpha value is -0.340. The lowest BCUT2D eigenvalue weighted by atomic mass is 10.0. The van der Waals surface area contributed by atoms with Crippen LogP contribution < -0.4 is 0 Å². The summed E-state index contributed by atoms with van der Waals surface area (Å²) in [6.07, 6.45) is 7.38. The minimum absolute atomic E-state index is 0.310. The van der Waals surface area contributed by atoms with Gasteiger partial charge < -0.3 is 10.2 Å². The molecule has 0 rings (SSSR count). The number of aliphatic hydroxyl groups is 2. The molecule has 0 aromatic rings. The lowest BCUT2D eigenvalue weighted by molar-refractivity contribution is 0.0848. The van der Waals surface area contributed by atoms with Crippen molar-refractivity contribution < 1.29 is 10.2 Å². The molecule has 0 bridgehead atoms. The molecule has 17 heavy (non-hydrogen) atoms. The molecule has 0 aliphatic rings. The van der Waals surface area contributed by atoms with Gasteiger partial charge in [0.2, 0.25) is 0 Å². The van der Waals surface area contributed by atoms with E-state index in [1.54, 1.807) is 6.92 Å².